The molecule has 5 nitrogen and oxygen atoms in total. The van der Waals surface area contributed by atoms with E-state index in [1.165, 1.54) is 6.08 Å². The van der Waals surface area contributed by atoms with Crippen LogP contribution >= 0.6 is 34.8 Å². The Morgan fingerprint density at radius 2 is 1.61 bits per heavy atom. The highest BCUT2D eigenvalue weighted by Crippen LogP contribution is 2.33. The van der Waals surface area contributed by atoms with E-state index in [4.69, 9.17) is 49.0 Å². The minimum atomic E-state index is 0.141. The van der Waals surface area contributed by atoms with E-state index in [1.54, 1.807) is 18.2 Å². The lowest BCUT2D eigenvalue weighted by molar-refractivity contribution is 0.362. The van der Waals surface area contributed by atoms with E-state index in [-0.39, 0.29) is 17.1 Å². The van der Waals surface area contributed by atoms with E-state index in [0.29, 0.717) is 28.0 Å². The van der Waals surface area contributed by atoms with Crippen molar-refractivity contribution in [3.63, 3.8) is 0 Å². The summed E-state index contributed by atoms with van der Waals surface area (Å²) in [5.41, 5.74) is 1.98. The molecule has 0 aliphatic heterocycles. The molecular formula is C23H23Cl3N2O3. The lowest BCUT2D eigenvalue weighted by Crippen LogP contribution is -2.05. The first-order valence-electron chi connectivity index (χ1n) is 9.69. The maximum atomic E-state index is 6.26. The third-order valence-electron chi connectivity index (χ3n) is 4.47. The topological polar surface area (TPSA) is 45.5 Å². The summed E-state index contributed by atoms with van der Waals surface area (Å²) in [6.07, 6.45) is 1.53. The Morgan fingerprint density at radius 1 is 1.00 bits per heavy atom. The van der Waals surface area contributed by atoms with Crippen LogP contribution in [0.5, 0.6) is 28.9 Å². The molecule has 0 unspecified atom stereocenters. The average molecular weight is 482 g/mol. The number of aromatic nitrogens is 2. The van der Waals surface area contributed by atoms with Gasteiger partial charge in [0.25, 0.3) is 0 Å². The molecule has 2 aromatic carbocycles. The molecule has 1 heterocycles. The molecule has 0 saturated heterocycles. The molecular weight excluding hydrogens is 459 g/mol. The predicted molar refractivity (Wildman–Crippen MR) is 125 cm³/mol. The summed E-state index contributed by atoms with van der Waals surface area (Å²) in [5, 5.41) is 4.97. The second kappa shape index (κ2) is 10.3. The molecule has 0 bridgehead atoms. The van der Waals surface area contributed by atoms with Crippen molar-refractivity contribution in [3.8, 4) is 28.9 Å². The number of benzene rings is 2. The monoisotopic (exact) mass is 480 g/mol. The standard InChI is InChI=1S/C23H23Cl3N2O3/c1-14(2)28-23(15(3)16(4)27-28)31-18-7-5-17(6-8-18)30-19-9-10-21(20(24)13-19)29-12-11-22(25)26/h5-11,13-14H,12H2,1-4H3. The number of hydrogen-bond donors (Lipinski definition) is 0. The van der Waals surface area contributed by atoms with Gasteiger partial charge >= 0.3 is 0 Å². The van der Waals surface area contributed by atoms with Crippen LogP contribution in [0, 0.1) is 13.8 Å². The SMILES string of the molecule is Cc1nn(C(C)C)c(Oc2ccc(Oc3ccc(OCC=C(Cl)Cl)c(Cl)c3)cc2)c1C. The van der Waals surface area contributed by atoms with Gasteiger partial charge < -0.3 is 14.2 Å². The molecule has 0 spiro atoms. The molecule has 0 amide bonds. The largest absolute Gasteiger partial charge is 0.488 e. The van der Waals surface area contributed by atoms with Crippen LogP contribution in [-0.2, 0) is 0 Å². The minimum absolute atomic E-state index is 0.141. The maximum absolute atomic E-state index is 6.26. The second-order valence-electron chi connectivity index (χ2n) is 7.13. The highest BCUT2D eigenvalue weighted by molar-refractivity contribution is 6.55. The van der Waals surface area contributed by atoms with Gasteiger partial charge in [-0.2, -0.15) is 5.10 Å². The molecule has 3 rings (SSSR count). The van der Waals surface area contributed by atoms with Crippen LogP contribution in [0.15, 0.2) is 53.0 Å². The molecule has 31 heavy (non-hydrogen) atoms. The zero-order valence-corrected chi connectivity index (χ0v) is 19.9. The second-order valence-corrected chi connectivity index (χ2v) is 8.54. The summed E-state index contributed by atoms with van der Waals surface area (Å²) < 4.78 is 19.5. The fraction of sp³-hybridized carbons (Fsp3) is 0.261. The number of rotatable bonds is 8. The number of nitrogens with zero attached hydrogens (tertiary/aromatic N) is 2. The summed E-state index contributed by atoms with van der Waals surface area (Å²) in [5.74, 6) is 3.19. The fourth-order valence-electron chi connectivity index (χ4n) is 2.76. The zero-order chi connectivity index (χ0) is 22.5. The van der Waals surface area contributed by atoms with Crippen LogP contribution in [0.25, 0.3) is 0 Å². The van der Waals surface area contributed by atoms with E-state index >= 15 is 0 Å². The van der Waals surface area contributed by atoms with Gasteiger partial charge in [-0.15, -0.1) is 0 Å². The Labute approximate surface area is 197 Å². The Hall–Kier alpha value is -2.34. The van der Waals surface area contributed by atoms with Crippen molar-refractivity contribution in [2.24, 2.45) is 0 Å². The number of aryl methyl sites for hydroxylation is 1. The van der Waals surface area contributed by atoms with Crippen molar-refractivity contribution in [2.75, 3.05) is 6.61 Å². The molecule has 0 atom stereocenters. The van der Waals surface area contributed by atoms with E-state index in [1.807, 2.05) is 42.8 Å². The van der Waals surface area contributed by atoms with Crippen molar-refractivity contribution < 1.29 is 14.2 Å². The molecule has 0 fully saturated rings. The molecule has 1 aromatic heterocycles. The predicted octanol–water partition coefficient (Wildman–Crippen LogP) is 8.02. The normalized spacial score (nSPS) is 10.8. The van der Waals surface area contributed by atoms with Crippen LogP contribution in [0.3, 0.4) is 0 Å². The summed E-state index contributed by atoms with van der Waals surface area (Å²) in [6.45, 7) is 8.34. The Bertz CT molecular complexity index is 1070. The maximum Gasteiger partial charge on any atom is 0.221 e. The summed E-state index contributed by atoms with van der Waals surface area (Å²) in [4.78, 5) is 0. The highest BCUT2D eigenvalue weighted by atomic mass is 35.5. The van der Waals surface area contributed by atoms with Gasteiger partial charge in [-0.3, -0.25) is 0 Å². The number of ether oxygens (including phenoxy) is 3. The van der Waals surface area contributed by atoms with E-state index in [9.17, 15) is 0 Å². The Morgan fingerprint density at radius 3 is 2.19 bits per heavy atom. The van der Waals surface area contributed by atoms with Crippen LogP contribution in [0.1, 0.15) is 31.1 Å². The van der Waals surface area contributed by atoms with Crippen molar-refractivity contribution in [3.05, 3.63) is 69.3 Å². The smallest absolute Gasteiger partial charge is 0.221 e. The third kappa shape index (κ3) is 6.10. The van der Waals surface area contributed by atoms with Gasteiger partial charge in [-0.25, -0.2) is 4.68 Å². The van der Waals surface area contributed by atoms with Crippen molar-refractivity contribution in [1.82, 2.24) is 9.78 Å². The van der Waals surface area contributed by atoms with Crippen LogP contribution in [-0.4, -0.2) is 16.4 Å². The molecule has 0 saturated carbocycles. The van der Waals surface area contributed by atoms with Gasteiger partial charge in [0.05, 0.1) is 16.8 Å². The van der Waals surface area contributed by atoms with Gasteiger partial charge in [0.1, 0.15) is 34.1 Å². The van der Waals surface area contributed by atoms with Crippen molar-refractivity contribution >= 4 is 34.8 Å². The molecule has 0 radical (unpaired) electrons. The van der Waals surface area contributed by atoms with E-state index in [2.05, 4.69) is 18.9 Å². The minimum Gasteiger partial charge on any atom is -0.488 e. The lowest BCUT2D eigenvalue weighted by atomic mass is 10.3. The quantitative estimate of drug-likeness (QED) is 0.327. The van der Waals surface area contributed by atoms with Crippen molar-refractivity contribution in [2.45, 2.75) is 33.7 Å². The van der Waals surface area contributed by atoms with Crippen molar-refractivity contribution in [1.29, 1.82) is 0 Å². The summed E-state index contributed by atoms with van der Waals surface area (Å²) >= 11 is 17.4. The van der Waals surface area contributed by atoms with Crippen LogP contribution < -0.4 is 14.2 Å². The lowest BCUT2D eigenvalue weighted by Gasteiger charge is -2.13. The van der Waals surface area contributed by atoms with Gasteiger partial charge in [0.15, 0.2) is 0 Å². The number of halogens is 3. The molecule has 0 aliphatic carbocycles. The molecule has 3 aromatic rings. The molecule has 164 valence electrons. The first-order chi connectivity index (χ1) is 14.7. The summed E-state index contributed by atoms with van der Waals surface area (Å²) in [7, 11) is 0. The van der Waals surface area contributed by atoms with Gasteiger partial charge in [0.2, 0.25) is 5.88 Å². The van der Waals surface area contributed by atoms with Gasteiger partial charge in [-0.1, -0.05) is 34.8 Å². The van der Waals surface area contributed by atoms with Gasteiger partial charge in [-0.05, 0) is 70.2 Å². The summed E-state index contributed by atoms with van der Waals surface area (Å²) in [6, 6.07) is 12.7. The number of hydrogen-bond acceptors (Lipinski definition) is 4. The zero-order valence-electron chi connectivity index (χ0n) is 17.7. The Balaban J connectivity index is 1.68. The van der Waals surface area contributed by atoms with Gasteiger partial charge in [0, 0.05) is 11.6 Å². The van der Waals surface area contributed by atoms with E-state index in [0.717, 1.165) is 17.1 Å². The van der Waals surface area contributed by atoms with E-state index < -0.39 is 0 Å². The van der Waals surface area contributed by atoms with Crippen LogP contribution in [0.2, 0.25) is 5.02 Å². The fourth-order valence-corrected chi connectivity index (χ4v) is 3.11. The average Bonchev–Trinajstić information content (AvgIpc) is 2.99. The molecule has 0 aliphatic rings. The van der Waals surface area contributed by atoms with Crippen LogP contribution in [0.4, 0.5) is 0 Å². The molecule has 0 N–H and O–H groups in total. The Kier molecular flexibility index (Phi) is 7.76. The first-order valence-corrected chi connectivity index (χ1v) is 10.8. The first kappa shape index (κ1) is 23.3. The molecule has 8 heteroatoms. The third-order valence-corrected chi connectivity index (χ3v) is 5.08. The highest BCUT2D eigenvalue weighted by Gasteiger charge is 2.16.